The fourth-order valence-corrected chi connectivity index (χ4v) is 5.50. The lowest BCUT2D eigenvalue weighted by Crippen LogP contribution is -2.47. The van der Waals surface area contributed by atoms with E-state index >= 15 is 0 Å². The smallest absolute Gasteiger partial charge is 0.260 e. The highest BCUT2D eigenvalue weighted by Crippen LogP contribution is 2.43. The molecule has 0 saturated carbocycles. The van der Waals surface area contributed by atoms with Crippen molar-refractivity contribution in [2.24, 2.45) is 18.9 Å². The third kappa shape index (κ3) is 1.75. The van der Waals surface area contributed by atoms with Crippen LogP contribution in [0.5, 0.6) is 0 Å². The first kappa shape index (κ1) is 13.1. The van der Waals surface area contributed by atoms with Crippen LogP contribution in [0.4, 0.5) is 0 Å². The van der Waals surface area contributed by atoms with Crippen LogP contribution in [0.3, 0.4) is 0 Å². The third-order valence-corrected chi connectivity index (χ3v) is 6.75. The molecule has 2 atom stereocenters. The molecule has 0 aromatic carbocycles. The molecular weight excluding hydrogens is 264 g/mol. The van der Waals surface area contributed by atoms with Crippen molar-refractivity contribution >= 4 is 10.0 Å². The van der Waals surface area contributed by atoms with Crippen LogP contribution in [0.25, 0.3) is 0 Å². The Morgan fingerprint density at radius 1 is 1.42 bits per heavy atom. The van der Waals surface area contributed by atoms with Crippen LogP contribution in [0.2, 0.25) is 0 Å². The van der Waals surface area contributed by atoms with E-state index in [1.54, 1.807) is 17.4 Å². The summed E-state index contributed by atoms with van der Waals surface area (Å²) < 4.78 is 28.7. The van der Waals surface area contributed by atoms with E-state index in [-0.39, 0.29) is 10.6 Å². The third-order valence-electron chi connectivity index (χ3n) is 4.62. The van der Waals surface area contributed by atoms with Crippen molar-refractivity contribution in [1.29, 1.82) is 0 Å². The molecule has 2 aliphatic rings. The maximum absolute atomic E-state index is 12.8. The number of aryl methyl sites for hydroxylation is 1. The van der Waals surface area contributed by atoms with E-state index in [0.717, 1.165) is 13.1 Å². The highest BCUT2D eigenvalue weighted by Gasteiger charge is 2.54. The van der Waals surface area contributed by atoms with Crippen molar-refractivity contribution < 1.29 is 8.42 Å². The molecule has 2 unspecified atom stereocenters. The molecule has 0 radical (unpaired) electrons. The quantitative estimate of drug-likeness (QED) is 0.832. The molecular formula is C12H20N4O2S. The molecule has 0 bridgehead atoms. The number of fused-ring (bicyclic) bond motifs is 1. The number of nitrogens with zero attached hydrogens (tertiary/aromatic N) is 3. The average Bonchev–Trinajstić information content (AvgIpc) is 2.96. The van der Waals surface area contributed by atoms with E-state index in [4.69, 9.17) is 0 Å². The second-order valence-corrected chi connectivity index (χ2v) is 7.82. The van der Waals surface area contributed by atoms with Crippen molar-refractivity contribution in [1.82, 2.24) is 19.4 Å². The maximum Gasteiger partial charge on any atom is 0.260 e. The van der Waals surface area contributed by atoms with Gasteiger partial charge < -0.3 is 5.32 Å². The number of aromatic nitrogens is 2. The minimum absolute atomic E-state index is 0.272. The summed E-state index contributed by atoms with van der Waals surface area (Å²) in [5.74, 6) is 0.800. The number of nitrogens with one attached hydrogen (secondary N) is 1. The summed E-state index contributed by atoms with van der Waals surface area (Å²) in [6, 6.07) is 1.57. The summed E-state index contributed by atoms with van der Waals surface area (Å²) in [6.07, 6.45) is 1.53. The van der Waals surface area contributed by atoms with E-state index in [0.29, 0.717) is 18.4 Å². The van der Waals surface area contributed by atoms with Gasteiger partial charge in [-0.2, -0.15) is 9.40 Å². The van der Waals surface area contributed by atoms with Crippen LogP contribution in [-0.4, -0.2) is 47.7 Å². The van der Waals surface area contributed by atoms with Gasteiger partial charge in [-0.3, -0.25) is 4.68 Å². The molecule has 7 heteroatoms. The molecule has 0 spiro atoms. The molecule has 6 nitrogen and oxygen atoms in total. The van der Waals surface area contributed by atoms with Crippen molar-refractivity contribution in [3.63, 3.8) is 0 Å². The zero-order valence-corrected chi connectivity index (χ0v) is 12.3. The number of hydrogen-bond donors (Lipinski definition) is 1. The van der Waals surface area contributed by atoms with Gasteiger partial charge in [0, 0.05) is 25.7 Å². The Morgan fingerprint density at radius 3 is 2.74 bits per heavy atom. The Hall–Kier alpha value is -0.920. The zero-order valence-electron chi connectivity index (χ0n) is 11.5. The summed E-state index contributed by atoms with van der Waals surface area (Å²) >= 11 is 0. The monoisotopic (exact) mass is 284 g/mol. The summed E-state index contributed by atoms with van der Waals surface area (Å²) in [6.45, 7) is 6.45. The van der Waals surface area contributed by atoms with Gasteiger partial charge in [-0.25, -0.2) is 8.42 Å². The van der Waals surface area contributed by atoms with Gasteiger partial charge in [0.2, 0.25) is 0 Å². The summed E-state index contributed by atoms with van der Waals surface area (Å²) in [5, 5.41) is 7.60. The fourth-order valence-electron chi connectivity index (χ4n) is 3.52. The molecule has 2 aliphatic heterocycles. The number of hydrogen-bond acceptors (Lipinski definition) is 4. The van der Waals surface area contributed by atoms with E-state index < -0.39 is 10.0 Å². The predicted octanol–water partition coefficient (Wildman–Crippen LogP) is 0.0386. The Kier molecular flexibility index (Phi) is 2.78. The van der Waals surface area contributed by atoms with Gasteiger partial charge in [0.1, 0.15) is 0 Å². The van der Waals surface area contributed by atoms with Gasteiger partial charge in [-0.15, -0.1) is 0 Å². The summed E-state index contributed by atoms with van der Waals surface area (Å²) in [4.78, 5) is 0. The molecule has 1 aromatic rings. The molecule has 1 aromatic heterocycles. The fraction of sp³-hybridized carbons (Fsp3) is 0.750. The van der Waals surface area contributed by atoms with Crippen LogP contribution < -0.4 is 5.32 Å². The topological polar surface area (TPSA) is 67.2 Å². The Balaban J connectivity index is 2.01. The van der Waals surface area contributed by atoms with Crippen molar-refractivity contribution in [2.75, 3.05) is 19.6 Å². The minimum atomic E-state index is -3.47. The van der Waals surface area contributed by atoms with Crippen molar-refractivity contribution in [3.05, 3.63) is 12.3 Å². The van der Waals surface area contributed by atoms with Crippen LogP contribution in [0.15, 0.2) is 17.3 Å². The van der Waals surface area contributed by atoms with Gasteiger partial charge in [0.25, 0.3) is 10.0 Å². The van der Waals surface area contributed by atoms with Crippen LogP contribution in [0.1, 0.15) is 13.8 Å². The minimum Gasteiger partial charge on any atom is -0.316 e. The predicted molar refractivity (Wildman–Crippen MR) is 71.0 cm³/mol. The van der Waals surface area contributed by atoms with Crippen LogP contribution >= 0.6 is 0 Å². The molecule has 2 saturated heterocycles. The first-order valence-corrected chi connectivity index (χ1v) is 8.00. The first-order valence-electron chi connectivity index (χ1n) is 6.56. The maximum atomic E-state index is 12.8. The SMILES string of the molecule is Cn1nccc1S(=O)(=O)N1CC2CNCC2C1(C)C. The molecule has 0 amide bonds. The second kappa shape index (κ2) is 4.04. The van der Waals surface area contributed by atoms with Gasteiger partial charge in [0.15, 0.2) is 5.03 Å². The average molecular weight is 284 g/mol. The Morgan fingerprint density at radius 2 is 2.16 bits per heavy atom. The van der Waals surface area contributed by atoms with Crippen molar-refractivity contribution in [2.45, 2.75) is 24.4 Å². The van der Waals surface area contributed by atoms with E-state index in [1.807, 2.05) is 13.8 Å². The van der Waals surface area contributed by atoms with Gasteiger partial charge in [-0.1, -0.05) is 0 Å². The highest BCUT2D eigenvalue weighted by atomic mass is 32.2. The lowest BCUT2D eigenvalue weighted by atomic mass is 9.85. The van der Waals surface area contributed by atoms with Gasteiger partial charge in [0.05, 0.1) is 6.20 Å². The molecule has 2 fully saturated rings. The first-order chi connectivity index (χ1) is 8.85. The second-order valence-electron chi connectivity index (χ2n) is 6.01. The van der Waals surface area contributed by atoms with Crippen LogP contribution in [-0.2, 0) is 17.1 Å². The Labute approximate surface area is 113 Å². The Bertz CT molecular complexity index is 593. The molecule has 3 rings (SSSR count). The molecule has 19 heavy (non-hydrogen) atoms. The number of sulfonamides is 1. The summed E-state index contributed by atoms with van der Waals surface area (Å²) in [7, 11) is -1.80. The van der Waals surface area contributed by atoms with E-state index in [9.17, 15) is 8.42 Å². The molecule has 3 heterocycles. The van der Waals surface area contributed by atoms with Gasteiger partial charge in [-0.05, 0) is 38.3 Å². The number of rotatable bonds is 2. The molecule has 0 aliphatic carbocycles. The highest BCUT2D eigenvalue weighted by molar-refractivity contribution is 7.89. The largest absolute Gasteiger partial charge is 0.316 e. The molecule has 1 N–H and O–H groups in total. The lowest BCUT2D eigenvalue weighted by Gasteiger charge is -2.34. The van der Waals surface area contributed by atoms with Crippen molar-refractivity contribution in [3.8, 4) is 0 Å². The normalized spacial score (nSPS) is 30.7. The lowest BCUT2D eigenvalue weighted by molar-refractivity contribution is 0.232. The zero-order chi connectivity index (χ0) is 13.8. The van der Waals surface area contributed by atoms with Gasteiger partial charge >= 0.3 is 0 Å². The molecule has 106 valence electrons. The standard InChI is InChI=1S/C12H20N4O2S/c1-12(2)10-7-13-6-9(10)8-16(12)19(17,18)11-4-5-14-15(11)3/h4-5,9-10,13H,6-8H2,1-3H3. The summed E-state index contributed by atoms with van der Waals surface area (Å²) in [5.41, 5.74) is -0.350. The van der Waals surface area contributed by atoms with Crippen LogP contribution in [0, 0.1) is 11.8 Å². The van der Waals surface area contributed by atoms with E-state index in [1.165, 1.54) is 10.9 Å². The van der Waals surface area contributed by atoms with E-state index in [2.05, 4.69) is 10.4 Å².